The fraction of sp³-hybridized carbons (Fsp3) is 0.750. The number of hydrogen-bond donors (Lipinski definition) is 0. The average Bonchev–Trinajstić information content (AvgIpc) is 3.22. The highest BCUT2D eigenvalue weighted by Crippen LogP contribution is 2.48. The van der Waals surface area contributed by atoms with Crippen molar-refractivity contribution >= 4 is 17.9 Å². The smallest absolute Gasteiger partial charge is 0.337 e. The van der Waals surface area contributed by atoms with Gasteiger partial charge in [-0.3, -0.25) is 0 Å². The van der Waals surface area contributed by atoms with Gasteiger partial charge in [-0.05, 0) is 65.2 Å². The first-order valence-corrected chi connectivity index (χ1v) is 9.92. The summed E-state index contributed by atoms with van der Waals surface area (Å²) in [6.45, 7) is 15.0. The normalized spacial score (nSPS) is 23.8. The summed E-state index contributed by atoms with van der Waals surface area (Å²) in [7, 11) is 0. The summed E-state index contributed by atoms with van der Waals surface area (Å²) in [4.78, 5) is 11.8. The Morgan fingerprint density at radius 1 is 1.46 bits per heavy atom. The van der Waals surface area contributed by atoms with Crippen molar-refractivity contribution in [1.82, 2.24) is 4.31 Å². The molecule has 0 spiro atoms. The minimum absolute atomic E-state index is 0.203. The van der Waals surface area contributed by atoms with Crippen molar-refractivity contribution in [1.29, 1.82) is 0 Å². The molecule has 0 radical (unpaired) electrons. The number of hydrogen-bond acceptors (Lipinski definition) is 4. The zero-order chi connectivity index (χ0) is 18.0. The fourth-order valence-corrected chi connectivity index (χ4v) is 4.34. The zero-order valence-corrected chi connectivity index (χ0v) is 16.9. The molecule has 0 aromatic heterocycles. The van der Waals surface area contributed by atoms with Crippen LogP contribution in [0.15, 0.2) is 23.8 Å². The van der Waals surface area contributed by atoms with E-state index in [1.807, 2.05) is 31.0 Å². The van der Waals surface area contributed by atoms with E-state index in [1.165, 1.54) is 12.8 Å². The third-order valence-electron chi connectivity index (χ3n) is 4.75. The highest BCUT2D eigenvalue weighted by molar-refractivity contribution is 7.98. The lowest BCUT2D eigenvalue weighted by molar-refractivity contribution is -0.138. The van der Waals surface area contributed by atoms with Gasteiger partial charge in [0.25, 0.3) is 0 Å². The van der Waals surface area contributed by atoms with E-state index in [9.17, 15) is 4.79 Å². The first-order valence-electron chi connectivity index (χ1n) is 9.15. The molecular formula is C20H33NO2S. The van der Waals surface area contributed by atoms with Crippen LogP contribution >= 0.6 is 11.9 Å². The van der Waals surface area contributed by atoms with Gasteiger partial charge in [-0.1, -0.05) is 37.1 Å². The number of carbonyl (C=O) groups is 1. The summed E-state index contributed by atoms with van der Waals surface area (Å²) in [5, 5.41) is 0. The van der Waals surface area contributed by atoms with Gasteiger partial charge in [-0.2, -0.15) is 0 Å². The highest BCUT2D eigenvalue weighted by atomic mass is 32.2. The molecule has 0 aromatic rings. The second-order valence-corrected chi connectivity index (χ2v) is 10.3. The van der Waals surface area contributed by atoms with Crippen LogP contribution in [0.25, 0.3) is 0 Å². The number of carbonyl (C=O) groups excluding carboxylic acids is 1. The van der Waals surface area contributed by atoms with Crippen molar-refractivity contribution in [2.75, 3.05) is 13.2 Å². The van der Waals surface area contributed by atoms with Crippen molar-refractivity contribution in [2.45, 2.75) is 71.6 Å². The van der Waals surface area contributed by atoms with Crippen LogP contribution in [0.3, 0.4) is 0 Å². The van der Waals surface area contributed by atoms with Crippen LogP contribution < -0.4 is 0 Å². The van der Waals surface area contributed by atoms with Crippen molar-refractivity contribution in [2.24, 2.45) is 11.3 Å². The standard InChI is InChI=1S/C20H33NO2S/c1-7-23-18(22)17-10-8-16(9-11-17)15(2)21(24-19(3,4)5)14-20(6)12-13-20/h8,10-11,15-16H,7,9,12-14H2,1-6H3. The Morgan fingerprint density at radius 2 is 2.12 bits per heavy atom. The molecule has 2 rings (SSSR count). The summed E-state index contributed by atoms with van der Waals surface area (Å²) in [5.41, 5.74) is 1.20. The van der Waals surface area contributed by atoms with Gasteiger partial charge in [0.1, 0.15) is 0 Å². The number of esters is 1. The predicted molar refractivity (Wildman–Crippen MR) is 103 cm³/mol. The van der Waals surface area contributed by atoms with Gasteiger partial charge < -0.3 is 4.74 Å². The van der Waals surface area contributed by atoms with Crippen LogP contribution in [0.4, 0.5) is 0 Å². The first-order chi connectivity index (χ1) is 11.1. The van der Waals surface area contributed by atoms with Crippen molar-refractivity contribution < 1.29 is 9.53 Å². The average molecular weight is 352 g/mol. The third kappa shape index (κ3) is 5.66. The molecule has 0 heterocycles. The second kappa shape index (κ2) is 7.65. The third-order valence-corrected chi connectivity index (χ3v) is 5.99. The molecule has 3 nitrogen and oxygen atoms in total. The minimum atomic E-state index is -0.203. The van der Waals surface area contributed by atoms with Crippen LogP contribution in [0.5, 0.6) is 0 Å². The SMILES string of the molecule is CCOC(=O)C1=CCC(C(C)N(CC2(C)CC2)SC(C)(C)C)C=C1. The molecule has 2 aliphatic carbocycles. The highest BCUT2D eigenvalue weighted by Gasteiger charge is 2.41. The van der Waals surface area contributed by atoms with Crippen LogP contribution in [0.2, 0.25) is 0 Å². The topological polar surface area (TPSA) is 29.5 Å². The molecule has 0 aromatic carbocycles. The summed E-state index contributed by atoms with van der Waals surface area (Å²) >= 11 is 1.97. The zero-order valence-electron chi connectivity index (χ0n) is 16.1. The first kappa shape index (κ1) is 19.6. The van der Waals surface area contributed by atoms with E-state index in [0.717, 1.165) is 13.0 Å². The van der Waals surface area contributed by atoms with Gasteiger partial charge >= 0.3 is 5.97 Å². The van der Waals surface area contributed by atoms with Crippen molar-refractivity contribution in [3.8, 4) is 0 Å². The minimum Gasteiger partial charge on any atom is -0.462 e. The number of ether oxygens (including phenoxy) is 1. The summed E-state index contributed by atoms with van der Waals surface area (Å²) in [6, 6.07) is 0.447. The van der Waals surface area contributed by atoms with Crippen molar-refractivity contribution in [3.63, 3.8) is 0 Å². The second-order valence-electron chi connectivity index (χ2n) is 8.47. The monoisotopic (exact) mass is 351 g/mol. The predicted octanol–water partition coefficient (Wildman–Crippen LogP) is 4.99. The molecule has 24 heavy (non-hydrogen) atoms. The maximum atomic E-state index is 11.8. The van der Waals surface area contributed by atoms with E-state index >= 15 is 0 Å². The Bertz CT molecular complexity index is 507. The van der Waals surface area contributed by atoms with Crippen LogP contribution in [0, 0.1) is 11.3 Å². The molecule has 2 atom stereocenters. The Balaban J connectivity index is 2.01. The van der Waals surface area contributed by atoms with E-state index in [1.54, 1.807) is 0 Å². The largest absolute Gasteiger partial charge is 0.462 e. The molecule has 0 amide bonds. The quantitative estimate of drug-likeness (QED) is 0.477. The summed E-state index contributed by atoms with van der Waals surface area (Å²) < 4.78 is 7.89. The number of rotatable bonds is 7. The van der Waals surface area contributed by atoms with Gasteiger partial charge in [0.05, 0.1) is 12.2 Å². The maximum absolute atomic E-state index is 11.8. The van der Waals surface area contributed by atoms with Crippen LogP contribution in [-0.2, 0) is 9.53 Å². The lowest BCUT2D eigenvalue weighted by Gasteiger charge is -2.38. The molecule has 2 aliphatic rings. The molecule has 0 saturated heterocycles. The van der Waals surface area contributed by atoms with Gasteiger partial charge in [0, 0.05) is 17.3 Å². The van der Waals surface area contributed by atoms with Gasteiger partial charge in [-0.25, -0.2) is 9.10 Å². The molecule has 4 heteroatoms. The summed E-state index contributed by atoms with van der Waals surface area (Å²) in [6.07, 6.45) is 9.77. The molecule has 2 unspecified atom stereocenters. The Kier molecular flexibility index (Phi) is 6.24. The molecular weight excluding hydrogens is 318 g/mol. The maximum Gasteiger partial charge on any atom is 0.337 e. The lowest BCUT2D eigenvalue weighted by atomic mass is 9.90. The van der Waals surface area contributed by atoms with Crippen LogP contribution in [-0.4, -0.2) is 34.2 Å². The molecule has 136 valence electrons. The van der Waals surface area contributed by atoms with E-state index < -0.39 is 0 Å². The Morgan fingerprint density at radius 3 is 2.58 bits per heavy atom. The van der Waals surface area contributed by atoms with Crippen LogP contribution in [0.1, 0.15) is 60.8 Å². The van der Waals surface area contributed by atoms with Crippen molar-refractivity contribution in [3.05, 3.63) is 23.8 Å². The number of allylic oxidation sites excluding steroid dienone is 1. The van der Waals surface area contributed by atoms with E-state index in [-0.39, 0.29) is 10.7 Å². The molecule has 1 fully saturated rings. The van der Waals surface area contributed by atoms with Gasteiger partial charge in [0.2, 0.25) is 0 Å². The Labute approximate surface area is 152 Å². The van der Waals surface area contributed by atoms with Gasteiger partial charge in [0.15, 0.2) is 0 Å². The Hall–Kier alpha value is -0.740. The lowest BCUT2D eigenvalue weighted by Crippen LogP contribution is -2.39. The van der Waals surface area contributed by atoms with E-state index in [2.05, 4.69) is 45.0 Å². The molecule has 1 saturated carbocycles. The van der Waals surface area contributed by atoms with E-state index in [4.69, 9.17) is 4.74 Å². The van der Waals surface area contributed by atoms with E-state index in [0.29, 0.717) is 29.6 Å². The van der Waals surface area contributed by atoms with Gasteiger partial charge in [-0.15, -0.1) is 0 Å². The summed E-state index contributed by atoms with van der Waals surface area (Å²) in [5.74, 6) is 0.242. The fourth-order valence-electron chi connectivity index (χ4n) is 2.93. The molecule has 0 bridgehead atoms. The molecule has 0 aliphatic heterocycles. The molecule has 0 N–H and O–H groups in total. The number of nitrogens with zero attached hydrogens (tertiary/aromatic N) is 1.